The summed E-state index contributed by atoms with van der Waals surface area (Å²) in [7, 11) is 0. The minimum Gasteiger partial charge on any atom is -0.424 e. The van der Waals surface area contributed by atoms with E-state index in [1.54, 1.807) is 6.92 Å². The van der Waals surface area contributed by atoms with Crippen molar-refractivity contribution in [1.82, 2.24) is 15.1 Å². The number of aryl methyl sites for hydroxylation is 1. The van der Waals surface area contributed by atoms with Gasteiger partial charge in [-0.3, -0.25) is 4.90 Å². The maximum absolute atomic E-state index is 5.91. The van der Waals surface area contributed by atoms with Crippen molar-refractivity contribution >= 4 is 11.6 Å². The molecule has 20 heavy (non-hydrogen) atoms. The van der Waals surface area contributed by atoms with Gasteiger partial charge in [-0.2, -0.15) is 0 Å². The fourth-order valence-corrected chi connectivity index (χ4v) is 2.44. The predicted octanol–water partition coefficient (Wildman–Crippen LogP) is 2.60. The van der Waals surface area contributed by atoms with Crippen molar-refractivity contribution in [3.63, 3.8) is 0 Å². The third kappa shape index (κ3) is 3.17. The van der Waals surface area contributed by atoms with Crippen LogP contribution in [0.25, 0.3) is 0 Å². The molecule has 6 heteroatoms. The second kappa shape index (κ2) is 5.91. The number of hydrogen-bond acceptors (Lipinski definition) is 5. The van der Waals surface area contributed by atoms with E-state index in [2.05, 4.69) is 15.1 Å². The van der Waals surface area contributed by atoms with E-state index in [1.165, 1.54) is 0 Å². The van der Waals surface area contributed by atoms with Crippen molar-refractivity contribution < 1.29 is 9.15 Å². The first kappa shape index (κ1) is 13.5. The number of halogens is 1. The Morgan fingerprint density at radius 2 is 2.10 bits per heavy atom. The van der Waals surface area contributed by atoms with E-state index in [-0.39, 0.29) is 6.10 Å². The quantitative estimate of drug-likeness (QED) is 0.870. The molecule has 1 aliphatic rings. The summed E-state index contributed by atoms with van der Waals surface area (Å²) >= 11 is 5.91. The fourth-order valence-electron chi connectivity index (χ4n) is 2.32. The lowest BCUT2D eigenvalue weighted by atomic mass is 10.1. The Balaban J connectivity index is 1.65. The number of rotatable bonds is 3. The predicted molar refractivity (Wildman–Crippen MR) is 74.5 cm³/mol. The summed E-state index contributed by atoms with van der Waals surface area (Å²) in [5.41, 5.74) is 1.14. The molecule has 0 amide bonds. The Kier molecular flexibility index (Phi) is 4.00. The average molecular weight is 294 g/mol. The highest BCUT2D eigenvalue weighted by Crippen LogP contribution is 2.24. The number of aromatic nitrogens is 2. The zero-order valence-electron chi connectivity index (χ0n) is 11.3. The van der Waals surface area contributed by atoms with Gasteiger partial charge in [-0.05, 0) is 17.7 Å². The molecule has 0 spiro atoms. The van der Waals surface area contributed by atoms with Gasteiger partial charge in [-0.1, -0.05) is 23.7 Å². The van der Waals surface area contributed by atoms with Crippen LogP contribution in [0.1, 0.15) is 23.4 Å². The van der Waals surface area contributed by atoms with Crippen molar-refractivity contribution in [2.45, 2.75) is 19.6 Å². The third-order valence-electron chi connectivity index (χ3n) is 3.32. The molecule has 5 nitrogen and oxygen atoms in total. The maximum atomic E-state index is 5.91. The van der Waals surface area contributed by atoms with Crippen LogP contribution in [0.3, 0.4) is 0 Å². The summed E-state index contributed by atoms with van der Waals surface area (Å²) in [6.45, 7) is 4.83. The van der Waals surface area contributed by atoms with Crippen molar-refractivity contribution in [2.75, 3.05) is 19.7 Å². The third-order valence-corrected chi connectivity index (χ3v) is 3.57. The molecule has 0 aliphatic carbocycles. The number of benzene rings is 1. The molecule has 2 aromatic rings. The van der Waals surface area contributed by atoms with E-state index in [4.69, 9.17) is 20.8 Å². The molecule has 0 N–H and O–H groups in total. The van der Waals surface area contributed by atoms with Crippen LogP contribution in [-0.2, 0) is 11.3 Å². The van der Waals surface area contributed by atoms with Gasteiger partial charge in [0.1, 0.15) is 0 Å². The molecular weight excluding hydrogens is 278 g/mol. The van der Waals surface area contributed by atoms with Crippen molar-refractivity contribution in [1.29, 1.82) is 0 Å². The maximum Gasteiger partial charge on any atom is 0.230 e. The second-order valence-electron chi connectivity index (χ2n) is 4.86. The number of nitrogens with zero attached hydrogens (tertiary/aromatic N) is 3. The smallest absolute Gasteiger partial charge is 0.230 e. The Morgan fingerprint density at radius 1 is 1.30 bits per heavy atom. The molecule has 0 radical (unpaired) electrons. The Labute approximate surface area is 122 Å². The molecule has 0 unspecified atom stereocenters. The summed E-state index contributed by atoms with van der Waals surface area (Å²) in [5, 5.41) is 8.62. The minimum atomic E-state index is 0.0602. The molecule has 106 valence electrons. The molecule has 0 saturated carbocycles. The molecule has 3 rings (SSSR count). The first-order valence-corrected chi connectivity index (χ1v) is 6.97. The van der Waals surface area contributed by atoms with E-state index >= 15 is 0 Å². The van der Waals surface area contributed by atoms with Gasteiger partial charge >= 0.3 is 0 Å². The Bertz CT molecular complexity index is 570. The van der Waals surface area contributed by atoms with Gasteiger partial charge in [-0.15, -0.1) is 10.2 Å². The summed E-state index contributed by atoms with van der Waals surface area (Å²) in [5.74, 6) is 1.25. The van der Waals surface area contributed by atoms with Crippen LogP contribution in [0, 0.1) is 6.92 Å². The first-order chi connectivity index (χ1) is 9.70. The van der Waals surface area contributed by atoms with E-state index in [0.717, 1.165) is 23.7 Å². The minimum absolute atomic E-state index is 0.0602. The SMILES string of the molecule is Cc1nnc(CN2CCO[C@H](c3ccc(Cl)cc3)C2)o1. The molecule has 1 aromatic carbocycles. The van der Waals surface area contributed by atoms with E-state index in [9.17, 15) is 0 Å². The zero-order chi connectivity index (χ0) is 13.9. The summed E-state index contributed by atoms with van der Waals surface area (Å²) in [6.07, 6.45) is 0.0602. The van der Waals surface area contributed by atoms with Crippen LogP contribution < -0.4 is 0 Å². The fraction of sp³-hybridized carbons (Fsp3) is 0.429. The highest BCUT2D eigenvalue weighted by atomic mass is 35.5. The van der Waals surface area contributed by atoms with E-state index in [0.29, 0.717) is 24.9 Å². The molecule has 1 aliphatic heterocycles. The molecule has 1 aromatic heterocycles. The van der Waals surface area contributed by atoms with Gasteiger partial charge in [0.05, 0.1) is 19.3 Å². The zero-order valence-corrected chi connectivity index (χ0v) is 12.0. The number of hydrogen-bond donors (Lipinski definition) is 0. The van der Waals surface area contributed by atoms with Crippen LogP contribution in [0.5, 0.6) is 0 Å². The number of ether oxygens (including phenoxy) is 1. The Hall–Kier alpha value is -1.43. The lowest BCUT2D eigenvalue weighted by Crippen LogP contribution is -2.37. The molecule has 1 fully saturated rings. The summed E-state index contributed by atoms with van der Waals surface area (Å²) < 4.78 is 11.2. The van der Waals surface area contributed by atoms with Crippen LogP contribution in [-0.4, -0.2) is 34.8 Å². The number of morpholine rings is 1. The first-order valence-electron chi connectivity index (χ1n) is 6.59. The Morgan fingerprint density at radius 3 is 2.80 bits per heavy atom. The lowest BCUT2D eigenvalue weighted by Gasteiger charge is -2.32. The standard InChI is InChI=1S/C14H16ClN3O2/c1-10-16-17-14(20-10)9-18-6-7-19-13(8-18)11-2-4-12(15)5-3-11/h2-5,13H,6-9H2,1H3/t13-/m0/s1. The summed E-state index contributed by atoms with van der Waals surface area (Å²) in [4.78, 5) is 2.26. The van der Waals surface area contributed by atoms with Gasteiger partial charge < -0.3 is 9.15 Å². The highest BCUT2D eigenvalue weighted by molar-refractivity contribution is 6.30. The van der Waals surface area contributed by atoms with Crippen molar-refractivity contribution in [2.24, 2.45) is 0 Å². The van der Waals surface area contributed by atoms with Crippen molar-refractivity contribution in [3.8, 4) is 0 Å². The highest BCUT2D eigenvalue weighted by Gasteiger charge is 2.23. The largest absolute Gasteiger partial charge is 0.424 e. The van der Waals surface area contributed by atoms with Gasteiger partial charge in [0, 0.05) is 25.0 Å². The van der Waals surface area contributed by atoms with Crippen LogP contribution in [0.2, 0.25) is 5.02 Å². The molecule has 0 bridgehead atoms. The van der Waals surface area contributed by atoms with Gasteiger partial charge in [0.2, 0.25) is 11.8 Å². The topological polar surface area (TPSA) is 51.4 Å². The lowest BCUT2D eigenvalue weighted by molar-refractivity contribution is -0.0352. The molecule has 2 heterocycles. The van der Waals surface area contributed by atoms with Crippen LogP contribution >= 0.6 is 11.6 Å². The van der Waals surface area contributed by atoms with Gasteiger partial charge in [0.25, 0.3) is 0 Å². The molecule has 1 atom stereocenters. The molecular formula is C14H16ClN3O2. The monoisotopic (exact) mass is 293 g/mol. The van der Waals surface area contributed by atoms with Gasteiger partial charge in [0.15, 0.2) is 0 Å². The van der Waals surface area contributed by atoms with E-state index in [1.807, 2.05) is 24.3 Å². The average Bonchev–Trinajstić information content (AvgIpc) is 2.85. The van der Waals surface area contributed by atoms with Crippen LogP contribution in [0.15, 0.2) is 28.7 Å². The van der Waals surface area contributed by atoms with Crippen LogP contribution in [0.4, 0.5) is 0 Å². The molecule has 1 saturated heterocycles. The second-order valence-corrected chi connectivity index (χ2v) is 5.30. The van der Waals surface area contributed by atoms with Crippen molar-refractivity contribution in [3.05, 3.63) is 46.6 Å². The van der Waals surface area contributed by atoms with Gasteiger partial charge in [-0.25, -0.2) is 0 Å². The summed E-state index contributed by atoms with van der Waals surface area (Å²) in [6, 6.07) is 7.79. The normalized spacial score (nSPS) is 20.2. The van der Waals surface area contributed by atoms with E-state index < -0.39 is 0 Å².